The minimum atomic E-state index is 0.492. The van der Waals surface area contributed by atoms with Crippen LogP contribution in [-0.4, -0.2) is 36.6 Å². The highest BCUT2D eigenvalue weighted by molar-refractivity contribution is 8.00. The summed E-state index contributed by atoms with van der Waals surface area (Å²) in [5, 5.41) is 9.72. The van der Waals surface area contributed by atoms with Crippen LogP contribution in [0, 0.1) is 0 Å². The Bertz CT molecular complexity index is 397. The number of aliphatic imine (C=N–C) groups is 1. The van der Waals surface area contributed by atoms with Crippen LogP contribution in [-0.2, 0) is 0 Å². The van der Waals surface area contributed by atoms with Gasteiger partial charge in [0.2, 0.25) is 0 Å². The smallest absolute Gasteiger partial charge is 0.191 e. The van der Waals surface area contributed by atoms with Crippen LogP contribution in [0.4, 0.5) is 0 Å². The first kappa shape index (κ1) is 15.7. The highest BCUT2D eigenvalue weighted by Gasteiger charge is 2.15. The molecule has 0 aliphatic carbocycles. The van der Waals surface area contributed by atoms with Gasteiger partial charge in [0.1, 0.15) is 0 Å². The zero-order chi connectivity index (χ0) is 14.2. The number of thiophene rings is 1. The molecule has 2 rings (SSSR count). The van der Waals surface area contributed by atoms with Crippen molar-refractivity contribution < 1.29 is 0 Å². The molecule has 0 radical (unpaired) electrons. The molecule has 2 heterocycles. The molecule has 1 saturated heterocycles. The van der Waals surface area contributed by atoms with E-state index >= 15 is 0 Å². The van der Waals surface area contributed by atoms with Crippen LogP contribution in [0.5, 0.6) is 0 Å². The molecule has 1 aliphatic heterocycles. The Morgan fingerprint density at radius 2 is 2.40 bits per heavy atom. The van der Waals surface area contributed by atoms with E-state index in [2.05, 4.69) is 53.8 Å². The Labute approximate surface area is 130 Å². The Morgan fingerprint density at radius 3 is 3.05 bits per heavy atom. The molecule has 2 atom stereocenters. The van der Waals surface area contributed by atoms with Crippen LogP contribution < -0.4 is 10.6 Å². The fourth-order valence-corrected chi connectivity index (χ4v) is 4.23. The number of guanidine groups is 1. The topological polar surface area (TPSA) is 36.4 Å². The van der Waals surface area contributed by atoms with Crippen molar-refractivity contribution in [1.82, 2.24) is 10.6 Å². The Kier molecular flexibility index (Phi) is 6.73. The highest BCUT2D eigenvalue weighted by atomic mass is 32.2. The predicted molar refractivity (Wildman–Crippen MR) is 92.2 cm³/mol. The number of hydrogen-bond donors (Lipinski definition) is 2. The van der Waals surface area contributed by atoms with Gasteiger partial charge in [-0.1, -0.05) is 13.0 Å². The standard InChI is InChI=1S/C15H25N3S2/c1-3-16-15(18-11-13-6-4-8-19-13)17-10-12(2)14-7-5-9-20-14/h5,7,9,12-13H,3-4,6,8,10-11H2,1-2H3,(H2,16,17,18). The Balaban J connectivity index is 1.81. The summed E-state index contributed by atoms with van der Waals surface area (Å²) >= 11 is 3.90. The van der Waals surface area contributed by atoms with Crippen molar-refractivity contribution in [2.75, 3.05) is 25.4 Å². The first-order valence-electron chi connectivity index (χ1n) is 7.46. The summed E-state index contributed by atoms with van der Waals surface area (Å²) in [7, 11) is 0. The van der Waals surface area contributed by atoms with Crippen LogP contribution in [0.1, 0.15) is 37.5 Å². The van der Waals surface area contributed by atoms with Gasteiger partial charge in [-0.3, -0.25) is 4.99 Å². The lowest BCUT2D eigenvalue weighted by Crippen LogP contribution is -2.40. The van der Waals surface area contributed by atoms with E-state index < -0.39 is 0 Å². The fourth-order valence-electron chi connectivity index (χ4n) is 2.25. The Hall–Kier alpha value is -0.680. The second-order valence-corrected chi connectivity index (χ2v) is 7.54. The summed E-state index contributed by atoms with van der Waals surface area (Å²) in [5.74, 6) is 2.77. The van der Waals surface area contributed by atoms with Crippen LogP contribution in [0.15, 0.2) is 22.5 Å². The van der Waals surface area contributed by atoms with Crippen LogP contribution >= 0.6 is 23.1 Å². The van der Waals surface area contributed by atoms with Crippen molar-refractivity contribution in [3.63, 3.8) is 0 Å². The second-order valence-electron chi connectivity index (χ2n) is 5.15. The van der Waals surface area contributed by atoms with Gasteiger partial charge < -0.3 is 10.6 Å². The van der Waals surface area contributed by atoms with Crippen molar-refractivity contribution in [2.45, 2.75) is 37.9 Å². The van der Waals surface area contributed by atoms with Gasteiger partial charge >= 0.3 is 0 Å². The maximum Gasteiger partial charge on any atom is 0.191 e. The van der Waals surface area contributed by atoms with Crippen molar-refractivity contribution in [2.24, 2.45) is 4.99 Å². The highest BCUT2D eigenvalue weighted by Crippen LogP contribution is 2.25. The average molecular weight is 312 g/mol. The number of nitrogens with zero attached hydrogens (tertiary/aromatic N) is 1. The van der Waals surface area contributed by atoms with E-state index in [0.29, 0.717) is 5.92 Å². The van der Waals surface area contributed by atoms with E-state index in [1.165, 1.54) is 23.5 Å². The summed E-state index contributed by atoms with van der Waals surface area (Å²) < 4.78 is 0. The third-order valence-electron chi connectivity index (χ3n) is 3.42. The quantitative estimate of drug-likeness (QED) is 0.625. The lowest BCUT2D eigenvalue weighted by atomic mass is 10.1. The minimum Gasteiger partial charge on any atom is -0.357 e. The summed E-state index contributed by atoms with van der Waals surface area (Å²) in [6, 6.07) is 4.31. The predicted octanol–water partition coefficient (Wildman–Crippen LogP) is 3.30. The van der Waals surface area contributed by atoms with Crippen LogP contribution in [0.3, 0.4) is 0 Å². The first-order valence-corrected chi connectivity index (χ1v) is 9.39. The lowest BCUT2D eigenvalue weighted by Gasteiger charge is -2.15. The molecule has 112 valence electrons. The summed E-state index contributed by atoms with van der Waals surface area (Å²) in [4.78, 5) is 6.14. The van der Waals surface area contributed by atoms with Gasteiger partial charge in [-0.25, -0.2) is 0 Å². The van der Waals surface area contributed by atoms with Gasteiger partial charge in [0, 0.05) is 29.1 Å². The van der Waals surface area contributed by atoms with Crippen molar-refractivity contribution in [1.29, 1.82) is 0 Å². The molecule has 1 aromatic rings. The molecule has 0 amide bonds. The third kappa shape index (κ3) is 5.02. The summed E-state index contributed by atoms with van der Waals surface area (Å²) in [6.45, 7) is 7.14. The lowest BCUT2D eigenvalue weighted by molar-refractivity contribution is 0.717. The van der Waals surface area contributed by atoms with E-state index in [1.807, 2.05) is 11.3 Å². The van der Waals surface area contributed by atoms with Gasteiger partial charge in [-0.05, 0) is 37.0 Å². The molecule has 1 aromatic heterocycles. The maximum atomic E-state index is 4.72. The van der Waals surface area contributed by atoms with Gasteiger partial charge in [-0.15, -0.1) is 11.3 Å². The zero-order valence-corrected chi connectivity index (χ0v) is 14.0. The molecule has 2 N–H and O–H groups in total. The summed E-state index contributed by atoms with van der Waals surface area (Å²) in [6.07, 6.45) is 2.70. The molecule has 0 spiro atoms. The van der Waals surface area contributed by atoms with E-state index in [-0.39, 0.29) is 0 Å². The van der Waals surface area contributed by atoms with Gasteiger partial charge in [0.25, 0.3) is 0 Å². The molecule has 0 aromatic carbocycles. The van der Waals surface area contributed by atoms with E-state index in [4.69, 9.17) is 4.99 Å². The molecule has 3 nitrogen and oxygen atoms in total. The number of nitrogens with one attached hydrogen (secondary N) is 2. The maximum absolute atomic E-state index is 4.72. The normalized spacial score (nSPS) is 20.9. The largest absolute Gasteiger partial charge is 0.357 e. The van der Waals surface area contributed by atoms with Gasteiger partial charge in [0.05, 0.1) is 6.54 Å². The van der Waals surface area contributed by atoms with E-state index in [0.717, 1.165) is 30.8 Å². The molecular formula is C15H25N3S2. The SMILES string of the molecule is CCNC(=NCC(C)c1cccs1)NCC1CCCS1. The second kappa shape index (κ2) is 8.57. The summed E-state index contributed by atoms with van der Waals surface area (Å²) in [5.41, 5.74) is 0. The van der Waals surface area contributed by atoms with Crippen molar-refractivity contribution in [3.8, 4) is 0 Å². The number of rotatable bonds is 6. The monoisotopic (exact) mass is 311 g/mol. The van der Waals surface area contributed by atoms with Gasteiger partial charge in [-0.2, -0.15) is 11.8 Å². The molecule has 2 unspecified atom stereocenters. The van der Waals surface area contributed by atoms with E-state index in [1.54, 1.807) is 0 Å². The van der Waals surface area contributed by atoms with Crippen LogP contribution in [0.25, 0.3) is 0 Å². The molecule has 20 heavy (non-hydrogen) atoms. The van der Waals surface area contributed by atoms with Crippen molar-refractivity contribution in [3.05, 3.63) is 22.4 Å². The molecule has 5 heteroatoms. The number of thioether (sulfide) groups is 1. The van der Waals surface area contributed by atoms with Crippen molar-refractivity contribution >= 4 is 29.1 Å². The van der Waals surface area contributed by atoms with E-state index in [9.17, 15) is 0 Å². The fraction of sp³-hybridized carbons (Fsp3) is 0.667. The minimum absolute atomic E-state index is 0.492. The Morgan fingerprint density at radius 1 is 1.50 bits per heavy atom. The van der Waals surface area contributed by atoms with Crippen LogP contribution in [0.2, 0.25) is 0 Å². The molecule has 0 saturated carbocycles. The first-order chi connectivity index (χ1) is 9.79. The molecule has 1 fully saturated rings. The molecule has 0 bridgehead atoms. The molecular weight excluding hydrogens is 286 g/mol. The third-order valence-corrected chi connectivity index (χ3v) is 5.92. The average Bonchev–Trinajstić information content (AvgIpc) is 3.13. The molecule has 1 aliphatic rings. The zero-order valence-electron chi connectivity index (χ0n) is 12.4. The number of hydrogen-bond acceptors (Lipinski definition) is 3. The van der Waals surface area contributed by atoms with Gasteiger partial charge in [0.15, 0.2) is 5.96 Å².